The molecule has 18 heavy (non-hydrogen) atoms. The maximum Gasteiger partial charge on any atom is 0.142 e. The van der Waals surface area contributed by atoms with Gasteiger partial charge in [0.2, 0.25) is 0 Å². The summed E-state index contributed by atoms with van der Waals surface area (Å²) < 4.78 is 5.79. The van der Waals surface area contributed by atoms with Gasteiger partial charge in [0, 0.05) is 45.5 Å². The molecule has 2 heterocycles. The van der Waals surface area contributed by atoms with E-state index in [2.05, 4.69) is 40.4 Å². The second kappa shape index (κ2) is 5.06. The molecule has 0 aliphatic carbocycles. The van der Waals surface area contributed by atoms with Gasteiger partial charge < -0.3 is 19.9 Å². The first-order valence-corrected chi connectivity index (χ1v) is 6.78. The quantitative estimate of drug-likeness (QED) is 0.810. The van der Waals surface area contributed by atoms with Crippen molar-refractivity contribution in [3.8, 4) is 5.75 Å². The largest absolute Gasteiger partial charge is 0.491 e. The topological polar surface area (TPSA) is 27.7 Å². The first-order valence-electron chi connectivity index (χ1n) is 6.78. The van der Waals surface area contributed by atoms with E-state index in [1.165, 1.54) is 11.4 Å². The van der Waals surface area contributed by atoms with Crippen molar-refractivity contribution in [2.45, 2.75) is 6.42 Å². The molecule has 1 N–H and O–H groups in total. The molecule has 3 rings (SSSR count). The number of nitrogens with one attached hydrogen (secondary N) is 1. The zero-order valence-electron chi connectivity index (χ0n) is 11.0. The lowest BCUT2D eigenvalue weighted by Gasteiger charge is -2.30. The van der Waals surface area contributed by atoms with Gasteiger partial charge >= 0.3 is 0 Å². The van der Waals surface area contributed by atoms with E-state index in [4.69, 9.17) is 4.74 Å². The third-order valence-corrected chi connectivity index (χ3v) is 3.73. The van der Waals surface area contributed by atoms with E-state index < -0.39 is 0 Å². The molecule has 0 spiro atoms. The number of rotatable bonds is 1. The van der Waals surface area contributed by atoms with Crippen LogP contribution in [0.2, 0.25) is 0 Å². The van der Waals surface area contributed by atoms with Crippen molar-refractivity contribution in [1.29, 1.82) is 0 Å². The molecule has 0 unspecified atom stereocenters. The molecule has 0 atom stereocenters. The molecule has 4 nitrogen and oxygen atoms in total. The SMILES string of the molecule is CN1CCCOc2ccc(N3CCNCC3)cc21. The van der Waals surface area contributed by atoms with Crippen LogP contribution in [0.3, 0.4) is 0 Å². The molecular formula is C14H21N3O. The molecule has 2 aliphatic rings. The minimum atomic E-state index is 0.824. The number of piperazine rings is 1. The summed E-state index contributed by atoms with van der Waals surface area (Å²) >= 11 is 0. The van der Waals surface area contributed by atoms with Crippen molar-refractivity contribution in [2.24, 2.45) is 0 Å². The highest BCUT2D eigenvalue weighted by atomic mass is 16.5. The Kier molecular flexibility index (Phi) is 3.28. The molecule has 0 saturated carbocycles. The van der Waals surface area contributed by atoms with Crippen LogP contribution >= 0.6 is 0 Å². The van der Waals surface area contributed by atoms with Crippen LogP contribution in [-0.2, 0) is 0 Å². The fourth-order valence-electron chi connectivity index (χ4n) is 2.65. The molecular weight excluding hydrogens is 226 g/mol. The summed E-state index contributed by atoms with van der Waals surface area (Å²) in [5.41, 5.74) is 2.54. The minimum Gasteiger partial charge on any atom is -0.491 e. The van der Waals surface area contributed by atoms with Crippen molar-refractivity contribution < 1.29 is 4.74 Å². The first-order chi connectivity index (χ1) is 8.84. The Balaban J connectivity index is 1.88. The summed E-state index contributed by atoms with van der Waals surface area (Å²) in [5, 5.41) is 3.39. The highest BCUT2D eigenvalue weighted by molar-refractivity contribution is 5.67. The van der Waals surface area contributed by atoms with E-state index in [0.717, 1.165) is 51.5 Å². The summed E-state index contributed by atoms with van der Waals surface area (Å²) in [6.45, 7) is 6.21. The van der Waals surface area contributed by atoms with Gasteiger partial charge in [-0.3, -0.25) is 0 Å². The van der Waals surface area contributed by atoms with Crippen molar-refractivity contribution in [2.75, 3.05) is 56.2 Å². The molecule has 1 aromatic carbocycles. The van der Waals surface area contributed by atoms with Gasteiger partial charge in [0.15, 0.2) is 0 Å². The van der Waals surface area contributed by atoms with Crippen LogP contribution in [0.15, 0.2) is 18.2 Å². The molecule has 0 aromatic heterocycles. The number of ether oxygens (including phenoxy) is 1. The lowest BCUT2D eigenvalue weighted by molar-refractivity contribution is 0.322. The van der Waals surface area contributed by atoms with E-state index in [1.54, 1.807) is 0 Å². The predicted molar refractivity (Wildman–Crippen MR) is 74.9 cm³/mol. The molecule has 2 aliphatic heterocycles. The smallest absolute Gasteiger partial charge is 0.142 e. The van der Waals surface area contributed by atoms with E-state index in [0.29, 0.717) is 0 Å². The maximum atomic E-state index is 5.79. The summed E-state index contributed by atoms with van der Waals surface area (Å²) in [4.78, 5) is 4.74. The lowest BCUT2D eigenvalue weighted by atomic mass is 10.2. The van der Waals surface area contributed by atoms with Crippen molar-refractivity contribution >= 4 is 11.4 Å². The third kappa shape index (κ3) is 2.25. The maximum absolute atomic E-state index is 5.79. The molecule has 0 bridgehead atoms. The van der Waals surface area contributed by atoms with Gasteiger partial charge in [-0.25, -0.2) is 0 Å². The van der Waals surface area contributed by atoms with E-state index in [9.17, 15) is 0 Å². The molecule has 4 heteroatoms. The van der Waals surface area contributed by atoms with Crippen LogP contribution in [0.25, 0.3) is 0 Å². The second-order valence-electron chi connectivity index (χ2n) is 5.01. The summed E-state index contributed by atoms with van der Waals surface area (Å²) in [6, 6.07) is 6.57. The van der Waals surface area contributed by atoms with Crippen molar-refractivity contribution in [1.82, 2.24) is 5.32 Å². The Morgan fingerprint density at radius 3 is 2.83 bits per heavy atom. The number of fused-ring (bicyclic) bond motifs is 1. The van der Waals surface area contributed by atoms with Crippen LogP contribution in [0, 0.1) is 0 Å². The van der Waals surface area contributed by atoms with Crippen molar-refractivity contribution in [3.63, 3.8) is 0 Å². The van der Waals surface area contributed by atoms with Gasteiger partial charge in [-0.05, 0) is 24.6 Å². The van der Waals surface area contributed by atoms with Crippen LogP contribution in [0.4, 0.5) is 11.4 Å². The number of benzene rings is 1. The fourth-order valence-corrected chi connectivity index (χ4v) is 2.65. The van der Waals surface area contributed by atoms with E-state index >= 15 is 0 Å². The normalized spacial score (nSPS) is 20.1. The van der Waals surface area contributed by atoms with Gasteiger partial charge in [0.05, 0.1) is 12.3 Å². The summed E-state index contributed by atoms with van der Waals surface area (Å²) in [6.07, 6.45) is 1.09. The van der Waals surface area contributed by atoms with Gasteiger partial charge in [-0.2, -0.15) is 0 Å². The Labute approximate surface area is 109 Å². The average molecular weight is 247 g/mol. The summed E-state index contributed by atoms with van der Waals surface area (Å²) in [7, 11) is 2.15. The lowest BCUT2D eigenvalue weighted by Crippen LogP contribution is -2.43. The van der Waals surface area contributed by atoms with Crippen LogP contribution in [0.1, 0.15) is 6.42 Å². The second-order valence-corrected chi connectivity index (χ2v) is 5.01. The van der Waals surface area contributed by atoms with Crippen LogP contribution < -0.4 is 19.9 Å². The number of anilines is 2. The Bertz CT molecular complexity index is 416. The Hall–Kier alpha value is -1.42. The highest BCUT2D eigenvalue weighted by Gasteiger charge is 2.16. The summed E-state index contributed by atoms with van der Waals surface area (Å²) in [5.74, 6) is 1.02. The third-order valence-electron chi connectivity index (χ3n) is 3.73. The zero-order valence-corrected chi connectivity index (χ0v) is 11.0. The van der Waals surface area contributed by atoms with E-state index in [-0.39, 0.29) is 0 Å². The number of nitrogens with zero attached hydrogens (tertiary/aromatic N) is 2. The van der Waals surface area contributed by atoms with Crippen molar-refractivity contribution in [3.05, 3.63) is 18.2 Å². The highest BCUT2D eigenvalue weighted by Crippen LogP contribution is 2.34. The Morgan fingerprint density at radius 2 is 2.00 bits per heavy atom. The van der Waals surface area contributed by atoms with Gasteiger partial charge in [-0.1, -0.05) is 0 Å². The van der Waals surface area contributed by atoms with Gasteiger partial charge in [-0.15, -0.1) is 0 Å². The zero-order chi connectivity index (χ0) is 12.4. The number of hydrogen-bond donors (Lipinski definition) is 1. The standard InChI is InChI=1S/C14H21N3O/c1-16-7-2-10-18-14-4-3-12(11-13(14)16)17-8-5-15-6-9-17/h3-4,11,15H,2,5-10H2,1H3. The van der Waals surface area contributed by atoms with Gasteiger partial charge in [0.25, 0.3) is 0 Å². The molecule has 1 saturated heterocycles. The molecule has 0 amide bonds. The molecule has 1 aromatic rings. The minimum absolute atomic E-state index is 0.824. The van der Waals surface area contributed by atoms with Gasteiger partial charge in [0.1, 0.15) is 5.75 Å². The fraction of sp³-hybridized carbons (Fsp3) is 0.571. The predicted octanol–water partition coefficient (Wildman–Crippen LogP) is 1.31. The number of hydrogen-bond acceptors (Lipinski definition) is 4. The molecule has 0 radical (unpaired) electrons. The van der Waals surface area contributed by atoms with Crippen LogP contribution in [0.5, 0.6) is 5.75 Å². The first kappa shape index (κ1) is 11.7. The molecule has 1 fully saturated rings. The van der Waals surface area contributed by atoms with E-state index in [1.807, 2.05) is 0 Å². The molecule has 98 valence electrons. The Morgan fingerprint density at radius 1 is 1.17 bits per heavy atom. The monoisotopic (exact) mass is 247 g/mol. The van der Waals surface area contributed by atoms with Crippen LogP contribution in [-0.4, -0.2) is 46.4 Å². The average Bonchev–Trinajstić information content (AvgIpc) is 2.62.